The molecular formula is C24H26FN5O2. The van der Waals surface area contributed by atoms with Gasteiger partial charge < -0.3 is 21.1 Å². The van der Waals surface area contributed by atoms with Crippen LogP contribution in [0.2, 0.25) is 0 Å². The van der Waals surface area contributed by atoms with Crippen LogP contribution in [0.4, 0.5) is 14.9 Å². The van der Waals surface area contributed by atoms with Crippen LogP contribution >= 0.6 is 0 Å². The molecule has 1 saturated heterocycles. The molecule has 1 saturated carbocycles. The molecule has 8 heteroatoms. The highest BCUT2D eigenvalue weighted by Crippen LogP contribution is 2.37. The number of anilines is 1. The van der Waals surface area contributed by atoms with Crippen molar-refractivity contribution in [3.8, 4) is 6.07 Å². The first-order valence-electron chi connectivity index (χ1n) is 10.8. The molecule has 4 rings (SSSR count). The van der Waals surface area contributed by atoms with Crippen LogP contribution < -0.4 is 16.4 Å². The van der Waals surface area contributed by atoms with Crippen LogP contribution in [0.1, 0.15) is 47.4 Å². The Morgan fingerprint density at radius 3 is 2.53 bits per heavy atom. The van der Waals surface area contributed by atoms with E-state index in [2.05, 4.69) is 29.3 Å². The second-order valence-electron chi connectivity index (χ2n) is 8.46. The Morgan fingerprint density at radius 1 is 1.19 bits per heavy atom. The minimum absolute atomic E-state index is 0.154. The number of aryl methyl sites for hydroxylation is 1. The summed E-state index contributed by atoms with van der Waals surface area (Å²) in [6, 6.07) is 13.7. The third-order valence-electron chi connectivity index (χ3n) is 6.08. The zero-order valence-corrected chi connectivity index (χ0v) is 17.8. The highest BCUT2D eigenvalue weighted by molar-refractivity contribution is 5.87. The molecule has 7 nitrogen and oxygen atoms in total. The Kier molecular flexibility index (Phi) is 6.26. The molecule has 166 valence electrons. The number of guanidine groups is 1. The van der Waals surface area contributed by atoms with Crippen LogP contribution in [-0.2, 0) is 17.8 Å². The van der Waals surface area contributed by atoms with Crippen molar-refractivity contribution in [2.24, 2.45) is 22.4 Å². The number of ether oxygens (including phenoxy) is 1. The van der Waals surface area contributed by atoms with Crippen LogP contribution in [0.15, 0.2) is 41.4 Å². The maximum atomic E-state index is 15.2. The Bertz CT molecular complexity index is 1060. The van der Waals surface area contributed by atoms with Gasteiger partial charge in [0.15, 0.2) is 11.8 Å². The first-order valence-corrected chi connectivity index (χ1v) is 10.8. The Labute approximate surface area is 186 Å². The summed E-state index contributed by atoms with van der Waals surface area (Å²) >= 11 is 0. The number of nitriles is 1. The van der Waals surface area contributed by atoms with Crippen molar-refractivity contribution in [2.45, 2.75) is 38.2 Å². The number of amides is 1. The standard InChI is InChI=1S/C24H26FN5O2/c25-21-19(14-32-24(31)29-23(27)28)10-9-18(11-26)22(21)30-12-20(13-30)17-7-5-16(6-8-17)4-3-15-1-2-15/h5-10,15,20H,1-4,12-14H2,(H4,27,28,29,31). The number of halogens is 1. The number of carbonyl (C=O) groups excluding carboxylic acids is 1. The van der Waals surface area contributed by atoms with Gasteiger partial charge in [-0.1, -0.05) is 43.2 Å². The van der Waals surface area contributed by atoms with Crippen molar-refractivity contribution in [1.29, 1.82) is 5.26 Å². The van der Waals surface area contributed by atoms with Crippen molar-refractivity contribution >= 4 is 17.7 Å². The maximum Gasteiger partial charge on any atom is 0.437 e. The van der Waals surface area contributed by atoms with Gasteiger partial charge in [0.1, 0.15) is 12.7 Å². The van der Waals surface area contributed by atoms with Crippen molar-refractivity contribution in [3.63, 3.8) is 0 Å². The molecule has 2 fully saturated rings. The topological polar surface area (TPSA) is 118 Å². The lowest BCUT2D eigenvalue weighted by atomic mass is 9.89. The predicted molar refractivity (Wildman–Crippen MR) is 120 cm³/mol. The SMILES string of the molecule is N#Cc1ccc(COC(=O)N=C(N)N)c(F)c1N1CC(c2ccc(CCC3CC3)cc2)C1. The van der Waals surface area contributed by atoms with E-state index in [0.29, 0.717) is 13.1 Å². The van der Waals surface area contributed by atoms with Crippen molar-refractivity contribution in [3.05, 3.63) is 64.5 Å². The van der Waals surface area contributed by atoms with Crippen LogP contribution in [0.25, 0.3) is 0 Å². The van der Waals surface area contributed by atoms with Gasteiger partial charge in [0.05, 0.1) is 11.3 Å². The molecule has 0 unspecified atom stereocenters. The van der Waals surface area contributed by atoms with Gasteiger partial charge in [0.25, 0.3) is 0 Å². The molecule has 1 heterocycles. The number of nitrogens with zero attached hydrogens (tertiary/aromatic N) is 3. The summed E-state index contributed by atoms with van der Waals surface area (Å²) in [5, 5.41) is 9.45. The summed E-state index contributed by atoms with van der Waals surface area (Å²) < 4.78 is 20.1. The van der Waals surface area contributed by atoms with Crippen LogP contribution in [-0.4, -0.2) is 25.1 Å². The number of hydrogen-bond donors (Lipinski definition) is 2. The Hall–Kier alpha value is -3.60. The zero-order chi connectivity index (χ0) is 22.7. The van der Waals surface area contributed by atoms with Crippen molar-refractivity contribution < 1.29 is 13.9 Å². The minimum Gasteiger partial charge on any atom is -0.443 e. The Morgan fingerprint density at radius 2 is 1.91 bits per heavy atom. The van der Waals surface area contributed by atoms with Gasteiger partial charge in [0.2, 0.25) is 0 Å². The molecular weight excluding hydrogens is 409 g/mol. The zero-order valence-electron chi connectivity index (χ0n) is 17.8. The molecule has 4 N–H and O–H groups in total. The molecule has 1 amide bonds. The predicted octanol–water partition coefficient (Wildman–Crippen LogP) is 3.55. The number of hydrogen-bond acceptors (Lipinski definition) is 4. The smallest absolute Gasteiger partial charge is 0.437 e. The van der Waals surface area contributed by atoms with Gasteiger partial charge in [-0.15, -0.1) is 4.99 Å². The second kappa shape index (κ2) is 9.27. The van der Waals surface area contributed by atoms with Gasteiger partial charge in [-0.05, 0) is 36.0 Å². The number of rotatable bonds is 7. The minimum atomic E-state index is -1.00. The van der Waals surface area contributed by atoms with Crippen molar-refractivity contribution in [1.82, 2.24) is 0 Å². The van der Waals surface area contributed by atoms with E-state index >= 15 is 4.39 Å². The second-order valence-corrected chi connectivity index (χ2v) is 8.46. The molecule has 1 aliphatic carbocycles. The average molecular weight is 436 g/mol. The first-order chi connectivity index (χ1) is 15.4. The molecule has 2 aliphatic rings. The molecule has 0 aromatic heterocycles. The van der Waals surface area contributed by atoms with Gasteiger partial charge in [-0.2, -0.15) is 5.26 Å². The van der Waals surface area contributed by atoms with Crippen LogP contribution in [0.5, 0.6) is 0 Å². The summed E-state index contributed by atoms with van der Waals surface area (Å²) in [7, 11) is 0. The highest BCUT2D eigenvalue weighted by Gasteiger charge is 2.32. The summed E-state index contributed by atoms with van der Waals surface area (Å²) in [6.45, 7) is 0.897. The van der Waals surface area contributed by atoms with Crippen molar-refractivity contribution in [2.75, 3.05) is 18.0 Å². The fraction of sp³-hybridized carbons (Fsp3) is 0.375. The molecule has 2 aromatic rings. The highest BCUT2D eigenvalue weighted by atomic mass is 19.1. The van der Waals surface area contributed by atoms with Gasteiger partial charge in [-0.25, -0.2) is 9.18 Å². The van der Waals surface area contributed by atoms with Gasteiger partial charge in [0, 0.05) is 24.6 Å². The number of carbonyl (C=O) groups is 1. The van der Waals surface area contributed by atoms with Gasteiger partial charge >= 0.3 is 6.09 Å². The maximum absolute atomic E-state index is 15.2. The normalized spacial score (nSPS) is 15.6. The summed E-state index contributed by atoms with van der Waals surface area (Å²) in [5.74, 6) is 0.195. The molecule has 0 spiro atoms. The van der Waals surface area contributed by atoms with E-state index in [4.69, 9.17) is 16.2 Å². The fourth-order valence-corrected chi connectivity index (χ4v) is 4.00. The summed E-state index contributed by atoms with van der Waals surface area (Å²) in [5.41, 5.74) is 13.5. The van der Waals surface area contributed by atoms with E-state index in [0.717, 1.165) is 12.3 Å². The monoisotopic (exact) mass is 435 g/mol. The molecule has 2 aromatic carbocycles. The van der Waals surface area contributed by atoms with Crippen LogP contribution in [0, 0.1) is 23.1 Å². The largest absolute Gasteiger partial charge is 0.443 e. The average Bonchev–Trinajstić information content (AvgIpc) is 3.56. The van der Waals surface area contributed by atoms with E-state index < -0.39 is 17.9 Å². The molecule has 1 aliphatic heterocycles. The number of benzene rings is 2. The molecule has 0 atom stereocenters. The number of nitrogens with two attached hydrogens (primary N) is 2. The lowest BCUT2D eigenvalue weighted by Crippen LogP contribution is -2.46. The van der Waals surface area contributed by atoms with E-state index in [1.165, 1.54) is 42.5 Å². The molecule has 32 heavy (non-hydrogen) atoms. The van der Waals surface area contributed by atoms with E-state index in [-0.39, 0.29) is 29.3 Å². The van der Waals surface area contributed by atoms with Gasteiger partial charge in [-0.3, -0.25) is 0 Å². The summed E-state index contributed by atoms with van der Waals surface area (Å²) in [6.07, 6.45) is 4.14. The quantitative estimate of drug-likeness (QED) is 0.507. The fourth-order valence-electron chi connectivity index (χ4n) is 4.00. The van der Waals surface area contributed by atoms with E-state index in [1.54, 1.807) is 0 Å². The van der Waals surface area contributed by atoms with E-state index in [9.17, 15) is 10.1 Å². The third kappa shape index (κ3) is 4.99. The Balaban J connectivity index is 1.40. The van der Waals surface area contributed by atoms with Crippen LogP contribution in [0.3, 0.4) is 0 Å². The lowest BCUT2D eigenvalue weighted by molar-refractivity contribution is 0.149. The number of aliphatic imine (C=N–C) groups is 1. The van der Waals surface area contributed by atoms with E-state index in [1.807, 2.05) is 11.0 Å². The molecule has 0 bridgehead atoms. The third-order valence-corrected chi connectivity index (χ3v) is 6.08. The first kappa shape index (κ1) is 21.6. The summed E-state index contributed by atoms with van der Waals surface area (Å²) in [4.78, 5) is 16.6. The lowest BCUT2D eigenvalue weighted by Gasteiger charge is -2.42. The molecule has 0 radical (unpaired) electrons.